The SMILES string of the molecule is COCCNC(=O)CC(C)c1cccc(OC)c1. The second kappa shape index (κ2) is 7.71. The summed E-state index contributed by atoms with van der Waals surface area (Å²) in [5.41, 5.74) is 1.11. The largest absolute Gasteiger partial charge is 0.497 e. The van der Waals surface area contributed by atoms with E-state index >= 15 is 0 Å². The van der Waals surface area contributed by atoms with Crippen molar-refractivity contribution < 1.29 is 14.3 Å². The average Bonchev–Trinajstić information content (AvgIpc) is 2.39. The number of rotatable bonds is 7. The molecule has 1 aromatic carbocycles. The van der Waals surface area contributed by atoms with Crippen molar-refractivity contribution in [2.45, 2.75) is 19.3 Å². The molecular formula is C14H21NO3. The number of carbonyl (C=O) groups excluding carboxylic acids is 1. The summed E-state index contributed by atoms with van der Waals surface area (Å²) in [6.45, 7) is 3.13. The summed E-state index contributed by atoms with van der Waals surface area (Å²) < 4.78 is 10.1. The topological polar surface area (TPSA) is 47.6 Å². The Morgan fingerprint density at radius 2 is 2.17 bits per heavy atom. The number of amides is 1. The molecule has 1 aromatic rings. The van der Waals surface area contributed by atoms with Crippen molar-refractivity contribution in [1.29, 1.82) is 0 Å². The second-order valence-electron chi connectivity index (χ2n) is 4.22. The van der Waals surface area contributed by atoms with Crippen LogP contribution in [-0.4, -0.2) is 33.3 Å². The van der Waals surface area contributed by atoms with Crippen LogP contribution in [0.3, 0.4) is 0 Å². The molecule has 0 aliphatic carbocycles. The number of hydrogen-bond donors (Lipinski definition) is 1. The fraction of sp³-hybridized carbons (Fsp3) is 0.500. The number of methoxy groups -OCH3 is 2. The van der Waals surface area contributed by atoms with Crippen molar-refractivity contribution in [3.05, 3.63) is 29.8 Å². The zero-order chi connectivity index (χ0) is 13.4. The number of benzene rings is 1. The fourth-order valence-electron chi connectivity index (χ4n) is 1.71. The molecule has 0 saturated carbocycles. The number of hydrogen-bond acceptors (Lipinski definition) is 3. The van der Waals surface area contributed by atoms with E-state index in [1.165, 1.54) is 0 Å². The summed E-state index contributed by atoms with van der Waals surface area (Å²) in [5, 5.41) is 2.82. The van der Waals surface area contributed by atoms with Gasteiger partial charge in [0, 0.05) is 20.1 Å². The van der Waals surface area contributed by atoms with Gasteiger partial charge in [-0.15, -0.1) is 0 Å². The van der Waals surface area contributed by atoms with E-state index in [-0.39, 0.29) is 11.8 Å². The van der Waals surface area contributed by atoms with E-state index in [0.29, 0.717) is 19.6 Å². The Morgan fingerprint density at radius 3 is 2.83 bits per heavy atom. The highest BCUT2D eigenvalue weighted by Crippen LogP contribution is 2.22. The molecule has 0 fully saturated rings. The predicted octanol–water partition coefficient (Wildman–Crippen LogP) is 1.95. The highest BCUT2D eigenvalue weighted by Gasteiger charge is 2.11. The van der Waals surface area contributed by atoms with Gasteiger partial charge in [-0.25, -0.2) is 0 Å². The van der Waals surface area contributed by atoms with Crippen molar-refractivity contribution in [1.82, 2.24) is 5.32 Å². The van der Waals surface area contributed by atoms with E-state index in [2.05, 4.69) is 5.32 Å². The first kappa shape index (κ1) is 14.5. The Morgan fingerprint density at radius 1 is 1.39 bits per heavy atom. The van der Waals surface area contributed by atoms with Crippen LogP contribution >= 0.6 is 0 Å². The van der Waals surface area contributed by atoms with Gasteiger partial charge in [0.15, 0.2) is 0 Å². The fourth-order valence-corrected chi connectivity index (χ4v) is 1.71. The van der Waals surface area contributed by atoms with Crippen molar-refractivity contribution in [2.75, 3.05) is 27.4 Å². The maximum absolute atomic E-state index is 11.7. The summed E-state index contributed by atoms with van der Waals surface area (Å²) in [7, 11) is 3.26. The van der Waals surface area contributed by atoms with E-state index < -0.39 is 0 Å². The van der Waals surface area contributed by atoms with Crippen molar-refractivity contribution in [3.63, 3.8) is 0 Å². The van der Waals surface area contributed by atoms with Gasteiger partial charge in [0.2, 0.25) is 5.91 Å². The number of ether oxygens (including phenoxy) is 2. The van der Waals surface area contributed by atoms with Crippen LogP contribution in [0.5, 0.6) is 5.75 Å². The van der Waals surface area contributed by atoms with Gasteiger partial charge < -0.3 is 14.8 Å². The van der Waals surface area contributed by atoms with Crippen LogP contribution in [0.15, 0.2) is 24.3 Å². The van der Waals surface area contributed by atoms with E-state index in [0.717, 1.165) is 11.3 Å². The van der Waals surface area contributed by atoms with Gasteiger partial charge in [-0.1, -0.05) is 19.1 Å². The minimum absolute atomic E-state index is 0.0439. The minimum Gasteiger partial charge on any atom is -0.497 e. The lowest BCUT2D eigenvalue weighted by Crippen LogP contribution is -2.27. The van der Waals surface area contributed by atoms with Crippen LogP contribution in [0.2, 0.25) is 0 Å². The Labute approximate surface area is 108 Å². The summed E-state index contributed by atoms with van der Waals surface area (Å²) in [6, 6.07) is 7.81. The van der Waals surface area contributed by atoms with E-state index in [4.69, 9.17) is 9.47 Å². The Kier molecular flexibility index (Phi) is 6.22. The third kappa shape index (κ3) is 4.75. The molecule has 4 heteroatoms. The van der Waals surface area contributed by atoms with Crippen LogP contribution in [0.1, 0.15) is 24.8 Å². The van der Waals surface area contributed by atoms with Gasteiger partial charge >= 0.3 is 0 Å². The highest BCUT2D eigenvalue weighted by atomic mass is 16.5. The highest BCUT2D eigenvalue weighted by molar-refractivity contribution is 5.76. The summed E-state index contributed by atoms with van der Waals surface area (Å²) in [5.74, 6) is 1.03. The van der Waals surface area contributed by atoms with Gasteiger partial charge in [0.05, 0.1) is 13.7 Å². The van der Waals surface area contributed by atoms with Gasteiger partial charge in [-0.05, 0) is 23.6 Å². The Balaban J connectivity index is 2.48. The van der Waals surface area contributed by atoms with Gasteiger partial charge in [-0.3, -0.25) is 4.79 Å². The normalized spacial score (nSPS) is 11.9. The summed E-state index contributed by atoms with van der Waals surface area (Å²) in [4.78, 5) is 11.7. The first-order chi connectivity index (χ1) is 8.67. The maximum atomic E-state index is 11.7. The molecule has 100 valence electrons. The molecule has 1 amide bonds. The molecule has 0 aromatic heterocycles. The zero-order valence-corrected chi connectivity index (χ0v) is 11.2. The molecule has 1 atom stereocenters. The minimum atomic E-state index is 0.0439. The molecule has 18 heavy (non-hydrogen) atoms. The molecule has 0 heterocycles. The molecule has 0 aliphatic rings. The summed E-state index contributed by atoms with van der Waals surface area (Å²) >= 11 is 0. The summed E-state index contributed by atoms with van der Waals surface area (Å²) in [6.07, 6.45) is 0.469. The van der Waals surface area contributed by atoms with Crippen LogP contribution in [0.25, 0.3) is 0 Å². The third-order valence-corrected chi connectivity index (χ3v) is 2.78. The standard InChI is InChI=1S/C14H21NO3/c1-11(9-14(16)15-7-8-17-2)12-5-4-6-13(10-12)18-3/h4-6,10-11H,7-9H2,1-3H3,(H,15,16). The molecule has 0 bridgehead atoms. The maximum Gasteiger partial charge on any atom is 0.220 e. The van der Waals surface area contributed by atoms with E-state index in [9.17, 15) is 4.79 Å². The Bertz CT molecular complexity index is 379. The first-order valence-corrected chi connectivity index (χ1v) is 6.07. The molecule has 1 rings (SSSR count). The molecule has 0 aliphatic heterocycles. The van der Waals surface area contributed by atoms with Gasteiger partial charge in [-0.2, -0.15) is 0 Å². The average molecular weight is 251 g/mol. The molecular weight excluding hydrogens is 230 g/mol. The number of nitrogens with one attached hydrogen (secondary N) is 1. The second-order valence-corrected chi connectivity index (χ2v) is 4.22. The van der Waals surface area contributed by atoms with Crippen molar-refractivity contribution >= 4 is 5.91 Å². The van der Waals surface area contributed by atoms with Crippen molar-refractivity contribution in [2.24, 2.45) is 0 Å². The van der Waals surface area contributed by atoms with Crippen LogP contribution < -0.4 is 10.1 Å². The van der Waals surface area contributed by atoms with E-state index in [1.807, 2.05) is 31.2 Å². The first-order valence-electron chi connectivity index (χ1n) is 6.07. The zero-order valence-electron chi connectivity index (χ0n) is 11.2. The molecule has 1 N–H and O–H groups in total. The quantitative estimate of drug-likeness (QED) is 0.753. The van der Waals surface area contributed by atoms with Gasteiger partial charge in [0.25, 0.3) is 0 Å². The van der Waals surface area contributed by atoms with Crippen LogP contribution in [0, 0.1) is 0 Å². The van der Waals surface area contributed by atoms with Crippen LogP contribution in [-0.2, 0) is 9.53 Å². The molecule has 0 spiro atoms. The smallest absolute Gasteiger partial charge is 0.220 e. The molecule has 0 radical (unpaired) electrons. The molecule has 4 nitrogen and oxygen atoms in total. The lowest BCUT2D eigenvalue weighted by Gasteiger charge is -2.13. The van der Waals surface area contributed by atoms with Crippen LogP contribution in [0.4, 0.5) is 0 Å². The number of carbonyl (C=O) groups is 1. The lowest BCUT2D eigenvalue weighted by atomic mass is 9.97. The third-order valence-electron chi connectivity index (χ3n) is 2.78. The molecule has 0 saturated heterocycles. The monoisotopic (exact) mass is 251 g/mol. The van der Waals surface area contributed by atoms with Gasteiger partial charge in [0.1, 0.15) is 5.75 Å². The molecule has 1 unspecified atom stereocenters. The predicted molar refractivity (Wildman–Crippen MR) is 70.9 cm³/mol. The lowest BCUT2D eigenvalue weighted by molar-refractivity contribution is -0.121. The van der Waals surface area contributed by atoms with Crippen molar-refractivity contribution in [3.8, 4) is 5.75 Å². The van der Waals surface area contributed by atoms with E-state index in [1.54, 1.807) is 14.2 Å². The Hall–Kier alpha value is -1.55.